The Morgan fingerprint density at radius 1 is 1.22 bits per heavy atom. The first kappa shape index (κ1) is 15.4. The van der Waals surface area contributed by atoms with Gasteiger partial charge in [0.1, 0.15) is 0 Å². The molecule has 4 heteroatoms. The van der Waals surface area contributed by atoms with Crippen molar-refractivity contribution in [3.63, 3.8) is 0 Å². The summed E-state index contributed by atoms with van der Waals surface area (Å²) in [6.07, 6.45) is 3.58. The van der Waals surface area contributed by atoms with Crippen molar-refractivity contribution in [1.29, 1.82) is 0 Å². The Morgan fingerprint density at radius 2 is 1.83 bits per heavy atom. The van der Waals surface area contributed by atoms with Crippen molar-refractivity contribution < 1.29 is 4.79 Å². The molecule has 0 aromatic heterocycles. The lowest BCUT2D eigenvalue weighted by Gasteiger charge is -2.32. The maximum Gasteiger partial charge on any atom is 0.236 e. The Bertz CT molecular complexity index is 233. The third-order valence-electron chi connectivity index (χ3n) is 3.79. The van der Waals surface area contributed by atoms with Crippen LogP contribution in [0.3, 0.4) is 0 Å². The van der Waals surface area contributed by atoms with Gasteiger partial charge in [-0.1, -0.05) is 6.92 Å². The largest absolute Gasteiger partial charge is 0.342 e. The third-order valence-corrected chi connectivity index (χ3v) is 3.79. The quantitative estimate of drug-likeness (QED) is 0.745. The molecule has 0 unspecified atom stereocenters. The minimum Gasteiger partial charge on any atom is -0.342 e. The van der Waals surface area contributed by atoms with Crippen LogP contribution < -0.4 is 5.32 Å². The number of likely N-dealkylation sites (tertiary alicyclic amines) is 1. The minimum absolute atomic E-state index is 0.232. The van der Waals surface area contributed by atoms with Crippen LogP contribution in [0.15, 0.2) is 0 Å². The van der Waals surface area contributed by atoms with E-state index in [4.69, 9.17) is 0 Å². The molecular weight excluding hydrogens is 226 g/mol. The van der Waals surface area contributed by atoms with Gasteiger partial charge in [0.2, 0.25) is 5.91 Å². The van der Waals surface area contributed by atoms with Crippen molar-refractivity contribution in [3.05, 3.63) is 0 Å². The fourth-order valence-corrected chi connectivity index (χ4v) is 2.60. The van der Waals surface area contributed by atoms with Gasteiger partial charge in [0.05, 0.1) is 6.54 Å². The number of likely N-dealkylation sites (N-methyl/N-ethyl adjacent to an activating group) is 1. The first-order valence-electron chi connectivity index (χ1n) is 7.44. The standard InChI is InChI=1S/C14H29N3O/c1-4-9-16-10-7-13(8-11-16)15-12-14(18)17(5-2)6-3/h13,15H,4-12H2,1-3H3. The van der Waals surface area contributed by atoms with Gasteiger partial charge in [-0.25, -0.2) is 0 Å². The van der Waals surface area contributed by atoms with Gasteiger partial charge >= 0.3 is 0 Å². The van der Waals surface area contributed by atoms with E-state index in [2.05, 4.69) is 17.1 Å². The number of carbonyl (C=O) groups is 1. The van der Waals surface area contributed by atoms with E-state index >= 15 is 0 Å². The maximum absolute atomic E-state index is 11.9. The van der Waals surface area contributed by atoms with Gasteiger partial charge in [-0.2, -0.15) is 0 Å². The molecule has 4 nitrogen and oxygen atoms in total. The Kier molecular flexibility index (Phi) is 7.28. The molecule has 1 aliphatic heterocycles. The molecule has 0 aliphatic carbocycles. The van der Waals surface area contributed by atoms with Gasteiger partial charge in [-0.15, -0.1) is 0 Å². The van der Waals surface area contributed by atoms with Gasteiger partial charge in [0, 0.05) is 19.1 Å². The van der Waals surface area contributed by atoms with E-state index in [0.29, 0.717) is 12.6 Å². The predicted octanol–water partition coefficient (Wildman–Crippen LogP) is 1.32. The molecule has 1 aliphatic rings. The summed E-state index contributed by atoms with van der Waals surface area (Å²) in [5.41, 5.74) is 0. The van der Waals surface area contributed by atoms with Crippen molar-refractivity contribution in [3.8, 4) is 0 Å². The number of hydrogen-bond donors (Lipinski definition) is 1. The molecule has 0 bridgehead atoms. The molecule has 0 aromatic carbocycles. The zero-order valence-electron chi connectivity index (χ0n) is 12.2. The van der Waals surface area contributed by atoms with Crippen molar-refractivity contribution in [2.45, 2.75) is 46.1 Å². The number of nitrogens with zero attached hydrogens (tertiary/aromatic N) is 2. The van der Waals surface area contributed by atoms with E-state index in [1.54, 1.807) is 0 Å². The minimum atomic E-state index is 0.232. The zero-order chi connectivity index (χ0) is 13.4. The number of amides is 1. The molecule has 0 spiro atoms. The predicted molar refractivity (Wildman–Crippen MR) is 75.7 cm³/mol. The average Bonchev–Trinajstić information content (AvgIpc) is 2.40. The number of rotatable bonds is 7. The number of carbonyl (C=O) groups excluding carboxylic acids is 1. The zero-order valence-corrected chi connectivity index (χ0v) is 12.2. The summed E-state index contributed by atoms with van der Waals surface area (Å²) in [5, 5.41) is 3.42. The first-order chi connectivity index (χ1) is 8.71. The van der Waals surface area contributed by atoms with Crippen LogP contribution in [0.2, 0.25) is 0 Å². The molecule has 18 heavy (non-hydrogen) atoms. The lowest BCUT2D eigenvalue weighted by Crippen LogP contribution is -2.46. The Morgan fingerprint density at radius 3 is 2.33 bits per heavy atom. The van der Waals surface area contributed by atoms with E-state index in [0.717, 1.165) is 13.1 Å². The SMILES string of the molecule is CCCN1CCC(NCC(=O)N(CC)CC)CC1. The molecule has 1 saturated heterocycles. The molecule has 0 atom stereocenters. The molecule has 0 aromatic rings. The molecule has 1 heterocycles. The number of hydrogen-bond acceptors (Lipinski definition) is 3. The highest BCUT2D eigenvalue weighted by Gasteiger charge is 2.19. The summed E-state index contributed by atoms with van der Waals surface area (Å²) in [4.78, 5) is 16.3. The summed E-state index contributed by atoms with van der Waals surface area (Å²) in [6.45, 7) is 12.0. The van der Waals surface area contributed by atoms with Gasteiger partial charge in [0.25, 0.3) is 0 Å². The van der Waals surface area contributed by atoms with Gasteiger partial charge < -0.3 is 15.1 Å². The smallest absolute Gasteiger partial charge is 0.236 e. The fraction of sp³-hybridized carbons (Fsp3) is 0.929. The molecule has 106 valence electrons. The van der Waals surface area contributed by atoms with Crippen LogP contribution in [0.25, 0.3) is 0 Å². The first-order valence-corrected chi connectivity index (χ1v) is 7.44. The summed E-state index contributed by atoms with van der Waals surface area (Å²) < 4.78 is 0. The van der Waals surface area contributed by atoms with Crippen molar-refractivity contribution in [2.75, 3.05) is 39.3 Å². The molecule has 0 saturated carbocycles. The monoisotopic (exact) mass is 255 g/mol. The second-order valence-electron chi connectivity index (χ2n) is 5.06. The van der Waals surface area contributed by atoms with Crippen molar-refractivity contribution in [1.82, 2.24) is 15.1 Å². The topological polar surface area (TPSA) is 35.6 Å². The highest BCUT2D eigenvalue weighted by Crippen LogP contribution is 2.10. The molecular formula is C14H29N3O. The van der Waals surface area contributed by atoms with Crippen LogP contribution in [-0.4, -0.2) is 61.0 Å². The van der Waals surface area contributed by atoms with Crippen LogP contribution in [0.1, 0.15) is 40.0 Å². The van der Waals surface area contributed by atoms with Crippen molar-refractivity contribution >= 4 is 5.91 Å². The maximum atomic E-state index is 11.9. The second-order valence-corrected chi connectivity index (χ2v) is 5.06. The molecule has 1 rings (SSSR count). The van der Waals surface area contributed by atoms with Gasteiger partial charge in [0.15, 0.2) is 0 Å². The van der Waals surface area contributed by atoms with Gasteiger partial charge in [-0.3, -0.25) is 4.79 Å². The summed E-state index contributed by atoms with van der Waals surface area (Å²) in [5.74, 6) is 0.232. The van der Waals surface area contributed by atoms with Crippen LogP contribution in [0.4, 0.5) is 0 Å². The normalized spacial score (nSPS) is 17.9. The van der Waals surface area contributed by atoms with Crippen LogP contribution in [0, 0.1) is 0 Å². The number of piperidine rings is 1. The summed E-state index contributed by atoms with van der Waals surface area (Å²) >= 11 is 0. The van der Waals surface area contributed by atoms with E-state index < -0.39 is 0 Å². The molecule has 1 amide bonds. The lowest BCUT2D eigenvalue weighted by molar-refractivity contribution is -0.130. The van der Waals surface area contributed by atoms with E-state index in [-0.39, 0.29) is 5.91 Å². The van der Waals surface area contributed by atoms with Crippen molar-refractivity contribution in [2.24, 2.45) is 0 Å². The van der Waals surface area contributed by atoms with Gasteiger partial charge in [-0.05, 0) is 52.7 Å². The van der Waals surface area contributed by atoms with Crippen LogP contribution in [-0.2, 0) is 4.79 Å². The second kappa shape index (κ2) is 8.48. The Hall–Kier alpha value is -0.610. The van der Waals surface area contributed by atoms with E-state index in [1.807, 2.05) is 18.7 Å². The molecule has 1 fully saturated rings. The molecule has 1 N–H and O–H groups in total. The number of nitrogens with one attached hydrogen (secondary N) is 1. The van der Waals surface area contributed by atoms with E-state index in [9.17, 15) is 4.79 Å². The van der Waals surface area contributed by atoms with Crippen LogP contribution >= 0.6 is 0 Å². The lowest BCUT2D eigenvalue weighted by atomic mass is 10.0. The Labute approximate surface area is 112 Å². The van der Waals surface area contributed by atoms with E-state index in [1.165, 1.54) is 38.9 Å². The Balaban J connectivity index is 2.19. The highest BCUT2D eigenvalue weighted by atomic mass is 16.2. The molecule has 0 radical (unpaired) electrons. The fourth-order valence-electron chi connectivity index (χ4n) is 2.60. The van der Waals surface area contributed by atoms with Crippen LogP contribution in [0.5, 0.6) is 0 Å². The average molecular weight is 255 g/mol. The summed E-state index contributed by atoms with van der Waals surface area (Å²) in [6, 6.07) is 0.526. The third kappa shape index (κ3) is 4.94. The highest BCUT2D eigenvalue weighted by molar-refractivity contribution is 5.78. The summed E-state index contributed by atoms with van der Waals surface area (Å²) in [7, 11) is 0.